The Morgan fingerprint density at radius 2 is 2.54 bits per heavy atom. The van der Waals surface area contributed by atoms with Gasteiger partial charge in [0.25, 0.3) is 0 Å². The molecule has 2 aliphatic rings. The largest absolute Gasteiger partial charge is 0.331 e. The van der Waals surface area contributed by atoms with E-state index in [-0.39, 0.29) is 0 Å². The maximum atomic E-state index is 5.96. The van der Waals surface area contributed by atoms with Gasteiger partial charge in [-0.3, -0.25) is 0 Å². The summed E-state index contributed by atoms with van der Waals surface area (Å²) in [4.78, 5) is 4.28. The minimum Gasteiger partial charge on any atom is -0.331 e. The fourth-order valence-corrected chi connectivity index (χ4v) is 2.99. The normalized spacial score (nSPS) is 42.0. The van der Waals surface area contributed by atoms with Crippen LogP contribution in [0.5, 0.6) is 0 Å². The van der Waals surface area contributed by atoms with Crippen molar-refractivity contribution in [2.24, 2.45) is 11.7 Å². The average Bonchev–Trinajstić information content (AvgIpc) is 2.46. The molecule has 0 spiro atoms. The van der Waals surface area contributed by atoms with E-state index in [0.717, 1.165) is 18.0 Å². The molecule has 3 nitrogen and oxygen atoms in total. The zero-order valence-electron chi connectivity index (χ0n) is 7.90. The first kappa shape index (κ1) is 7.56. The van der Waals surface area contributed by atoms with Crippen molar-refractivity contribution in [3.63, 3.8) is 0 Å². The Labute approximate surface area is 78.0 Å². The van der Waals surface area contributed by atoms with E-state index in [0.29, 0.717) is 11.6 Å². The smallest absolute Gasteiger partial charge is 0.0954 e. The van der Waals surface area contributed by atoms with Gasteiger partial charge in [-0.25, -0.2) is 4.98 Å². The summed E-state index contributed by atoms with van der Waals surface area (Å²) in [7, 11) is 0. The van der Waals surface area contributed by atoms with Crippen LogP contribution in [-0.2, 0) is 5.54 Å². The molecule has 0 aromatic carbocycles. The van der Waals surface area contributed by atoms with E-state index >= 15 is 0 Å². The Morgan fingerprint density at radius 1 is 1.69 bits per heavy atom. The minimum atomic E-state index is 0.376. The molecule has 0 aliphatic heterocycles. The third kappa shape index (κ3) is 0.759. The molecule has 2 fully saturated rings. The molecule has 1 aromatic rings. The minimum absolute atomic E-state index is 0.376. The molecule has 3 atom stereocenters. The third-order valence-corrected chi connectivity index (χ3v) is 3.91. The summed E-state index contributed by atoms with van der Waals surface area (Å²) in [6.07, 6.45) is 7.86. The highest BCUT2D eigenvalue weighted by atomic mass is 15.2. The first-order chi connectivity index (χ1) is 6.22. The number of imidazole rings is 1. The zero-order valence-corrected chi connectivity index (χ0v) is 7.90. The quantitative estimate of drug-likeness (QED) is 0.696. The summed E-state index contributed by atoms with van der Waals surface area (Å²) >= 11 is 0. The Balaban J connectivity index is 1.94. The molecule has 3 unspecified atom stereocenters. The van der Waals surface area contributed by atoms with Crippen LogP contribution in [0.3, 0.4) is 0 Å². The van der Waals surface area contributed by atoms with E-state index in [1.165, 1.54) is 12.8 Å². The number of nitrogens with two attached hydrogens (primary N) is 1. The number of aryl methyl sites for hydroxylation is 1. The van der Waals surface area contributed by atoms with E-state index in [2.05, 4.69) is 15.7 Å². The molecule has 2 saturated carbocycles. The molecule has 2 N–H and O–H groups in total. The van der Waals surface area contributed by atoms with Crippen LogP contribution < -0.4 is 5.73 Å². The van der Waals surface area contributed by atoms with Gasteiger partial charge in [0.2, 0.25) is 0 Å². The van der Waals surface area contributed by atoms with Gasteiger partial charge in [-0.1, -0.05) is 0 Å². The molecular formula is C10H15N3. The van der Waals surface area contributed by atoms with Crippen molar-refractivity contribution in [3.8, 4) is 0 Å². The predicted molar refractivity (Wildman–Crippen MR) is 50.3 cm³/mol. The van der Waals surface area contributed by atoms with Gasteiger partial charge in [-0.05, 0) is 32.1 Å². The van der Waals surface area contributed by atoms with Crippen molar-refractivity contribution in [1.82, 2.24) is 9.55 Å². The van der Waals surface area contributed by atoms with Crippen LogP contribution in [0.1, 0.15) is 25.0 Å². The lowest BCUT2D eigenvalue weighted by Gasteiger charge is -2.62. The molecular weight excluding hydrogens is 162 g/mol. The molecule has 0 saturated heterocycles. The first-order valence-corrected chi connectivity index (χ1v) is 4.99. The third-order valence-electron chi connectivity index (χ3n) is 3.91. The highest BCUT2D eigenvalue weighted by Gasteiger charge is 2.59. The second-order valence-corrected chi connectivity index (χ2v) is 4.54. The Hall–Kier alpha value is -0.830. The van der Waals surface area contributed by atoms with E-state index < -0.39 is 0 Å². The Morgan fingerprint density at radius 3 is 2.92 bits per heavy atom. The van der Waals surface area contributed by atoms with Gasteiger partial charge >= 0.3 is 0 Å². The van der Waals surface area contributed by atoms with Crippen molar-refractivity contribution < 1.29 is 0 Å². The molecule has 2 aliphatic carbocycles. The summed E-state index contributed by atoms with van der Waals surface area (Å²) in [5, 5.41) is 0. The lowest BCUT2D eigenvalue weighted by Crippen LogP contribution is -2.67. The maximum Gasteiger partial charge on any atom is 0.0954 e. The maximum absolute atomic E-state index is 5.96. The van der Waals surface area contributed by atoms with Crippen molar-refractivity contribution in [2.45, 2.75) is 37.8 Å². The fourth-order valence-electron chi connectivity index (χ4n) is 2.99. The van der Waals surface area contributed by atoms with Gasteiger partial charge in [-0.2, -0.15) is 0 Å². The van der Waals surface area contributed by atoms with Gasteiger partial charge in [0.15, 0.2) is 0 Å². The van der Waals surface area contributed by atoms with Crippen LogP contribution in [0.15, 0.2) is 12.5 Å². The molecule has 3 heteroatoms. The van der Waals surface area contributed by atoms with E-state index in [1.54, 1.807) is 0 Å². The fraction of sp³-hybridized carbons (Fsp3) is 0.700. The molecule has 0 bridgehead atoms. The van der Waals surface area contributed by atoms with Crippen LogP contribution >= 0.6 is 0 Å². The number of nitrogens with zero attached hydrogens (tertiary/aromatic N) is 2. The highest BCUT2D eigenvalue weighted by molar-refractivity contribution is 5.17. The monoisotopic (exact) mass is 177 g/mol. The van der Waals surface area contributed by atoms with Crippen LogP contribution in [0.2, 0.25) is 0 Å². The predicted octanol–water partition coefficient (Wildman–Crippen LogP) is 1.03. The van der Waals surface area contributed by atoms with Crippen LogP contribution in [0.4, 0.5) is 0 Å². The van der Waals surface area contributed by atoms with Crippen molar-refractivity contribution >= 4 is 0 Å². The number of hydrogen-bond acceptors (Lipinski definition) is 2. The molecule has 0 radical (unpaired) electrons. The lowest BCUT2D eigenvalue weighted by molar-refractivity contribution is -0.0790. The summed E-state index contributed by atoms with van der Waals surface area (Å²) in [6, 6.07) is 0.441. The number of rotatable bonds is 1. The van der Waals surface area contributed by atoms with Gasteiger partial charge < -0.3 is 10.3 Å². The van der Waals surface area contributed by atoms with E-state index in [1.807, 2.05) is 13.3 Å². The van der Waals surface area contributed by atoms with Crippen molar-refractivity contribution in [2.75, 3.05) is 0 Å². The summed E-state index contributed by atoms with van der Waals surface area (Å²) in [5.74, 6) is 0.723. The molecule has 70 valence electrons. The summed E-state index contributed by atoms with van der Waals surface area (Å²) in [5.41, 5.74) is 7.45. The lowest BCUT2D eigenvalue weighted by atomic mass is 9.50. The summed E-state index contributed by atoms with van der Waals surface area (Å²) < 4.78 is 2.29. The van der Waals surface area contributed by atoms with Gasteiger partial charge in [0, 0.05) is 12.2 Å². The van der Waals surface area contributed by atoms with E-state index in [9.17, 15) is 0 Å². The average molecular weight is 177 g/mol. The second-order valence-electron chi connectivity index (χ2n) is 4.54. The van der Waals surface area contributed by atoms with Gasteiger partial charge in [-0.15, -0.1) is 0 Å². The highest BCUT2D eigenvalue weighted by Crippen LogP contribution is 2.58. The SMILES string of the molecule is Cc1cn(C23CCC2C(N)C3)cn1. The topological polar surface area (TPSA) is 43.8 Å². The molecule has 1 aromatic heterocycles. The number of fused-ring (bicyclic) bond motifs is 1. The molecule has 1 heterocycles. The standard InChI is InChI=1S/C10H15N3/c1-7-5-13(6-12-7)10-3-2-8(10)9(11)4-10/h5-6,8-9H,2-4,11H2,1H3. The molecule has 3 rings (SSSR count). The summed E-state index contributed by atoms with van der Waals surface area (Å²) in [6.45, 7) is 2.04. The number of hydrogen-bond donors (Lipinski definition) is 1. The van der Waals surface area contributed by atoms with Crippen LogP contribution in [0.25, 0.3) is 0 Å². The first-order valence-electron chi connectivity index (χ1n) is 4.99. The van der Waals surface area contributed by atoms with Gasteiger partial charge in [0.1, 0.15) is 0 Å². The van der Waals surface area contributed by atoms with Crippen LogP contribution in [-0.4, -0.2) is 15.6 Å². The second kappa shape index (κ2) is 2.15. The van der Waals surface area contributed by atoms with Crippen LogP contribution in [0, 0.1) is 12.8 Å². The van der Waals surface area contributed by atoms with E-state index in [4.69, 9.17) is 5.73 Å². The zero-order chi connectivity index (χ0) is 9.05. The Bertz CT molecular complexity index is 344. The van der Waals surface area contributed by atoms with Crippen molar-refractivity contribution in [3.05, 3.63) is 18.2 Å². The molecule has 0 amide bonds. The van der Waals surface area contributed by atoms with Gasteiger partial charge in [0.05, 0.1) is 17.6 Å². The van der Waals surface area contributed by atoms with Crippen molar-refractivity contribution in [1.29, 1.82) is 0 Å². The number of aromatic nitrogens is 2. The Kier molecular flexibility index (Phi) is 1.25. The molecule has 13 heavy (non-hydrogen) atoms.